The molecule has 0 aliphatic heterocycles. The van der Waals surface area contributed by atoms with Crippen LogP contribution in [0.2, 0.25) is 0 Å². The third-order valence-corrected chi connectivity index (χ3v) is 2.40. The molecule has 0 aromatic heterocycles. The van der Waals surface area contributed by atoms with Crippen LogP contribution in [0.3, 0.4) is 0 Å². The molecular weight excluding hydrogens is 188 g/mol. The molecule has 0 heterocycles. The van der Waals surface area contributed by atoms with Crippen LogP contribution in [-0.4, -0.2) is 11.2 Å². The minimum absolute atomic E-state index is 0.321. The normalized spacial score (nSPS) is 15.5. The van der Waals surface area contributed by atoms with Gasteiger partial charge in [0.15, 0.2) is 0 Å². The Labute approximate surface area is 79.2 Å². The lowest BCUT2D eigenvalue weighted by atomic mass is 10.0. The average Bonchev–Trinajstić information content (AvgIpc) is 2.08. The molecule has 3 N–H and O–H groups in total. The van der Waals surface area contributed by atoms with Gasteiger partial charge < -0.3 is 10.8 Å². The van der Waals surface area contributed by atoms with Crippen LogP contribution in [0.5, 0.6) is 0 Å². The van der Waals surface area contributed by atoms with Crippen molar-refractivity contribution in [1.29, 1.82) is 0 Å². The molecule has 0 saturated heterocycles. The van der Waals surface area contributed by atoms with Crippen molar-refractivity contribution in [3.05, 3.63) is 29.6 Å². The Morgan fingerprint density at radius 3 is 2.62 bits per heavy atom. The topological polar surface area (TPSA) is 46.2 Å². The zero-order chi connectivity index (χ0) is 10.0. The summed E-state index contributed by atoms with van der Waals surface area (Å²) >= 11 is 0. The van der Waals surface area contributed by atoms with Gasteiger partial charge in [0.25, 0.3) is 0 Å². The summed E-state index contributed by atoms with van der Waals surface area (Å²) in [5.41, 5.74) is 6.24. The van der Waals surface area contributed by atoms with Crippen molar-refractivity contribution in [2.75, 3.05) is 0 Å². The summed E-state index contributed by atoms with van der Waals surface area (Å²) in [7, 11) is 2.29. The molecule has 0 fully saturated rings. The Bertz CT molecular complexity index is 304. The molecule has 4 heteroatoms. The molecule has 1 aromatic rings. The predicted molar refractivity (Wildman–Crippen MR) is 54.4 cm³/mol. The van der Waals surface area contributed by atoms with Crippen LogP contribution in [0.25, 0.3) is 0 Å². The number of halogens is 1. The molecule has 3 atom stereocenters. The van der Waals surface area contributed by atoms with E-state index in [2.05, 4.69) is 9.24 Å². The lowest BCUT2D eigenvalue weighted by Gasteiger charge is -2.15. The van der Waals surface area contributed by atoms with E-state index < -0.39 is 12.1 Å². The molecular formula is C9H13FNOP. The molecule has 72 valence electrons. The number of nitrogens with two attached hydrogens (primary N) is 1. The van der Waals surface area contributed by atoms with Crippen LogP contribution >= 0.6 is 9.24 Å². The van der Waals surface area contributed by atoms with Gasteiger partial charge in [-0.15, -0.1) is 9.24 Å². The molecule has 3 unspecified atom stereocenters. The molecule has 0 saturated carbocycles. The number of benzene rings is 1. The van der Waals surface area contributed by atoms with Crippen molar-refractivity contribution >= 4 is 14.5 Å². The Morgan fingerprint density at radius 2 is 2.15 bits per heavy atom. The summed E-state index contributed by atoms with van der Waals surface area (Å²) in [6.45, 7) is 1.58. The number of aliphatic hydroxyl groups excluding tert-OH is 1. The van der Waals surface area contributed by atoms with Crippen molar-refractivity contribution in [3.63, 3.8) is 0 Å². The molecule has 13 heavy (non-hydrogen) atoms. The second-order valence-electron chi connectivity index (χ2n) is 3.05. The van der Waals surface area contributed by atoms with E-state index in [1.165, 1.54) is 6.07 Å². The van der Waals surface area contributed by atoms with Gasteiger partial charge in [-0.2, -0.15) is 0 Å². The fourth-order valence-electron chi connectivity index (χ4n) is 1.03. The summed E-state index contributed by atoms with van der Waals surface area (Å²) in [6, 6.07) is 4.15. The maximum atomic E-state index is 13.0. The summed E-state index contributed by atoms with van der Waals surface area (Å²) in [4.78, 5) is 0. The molecule has 0 aliphatic rings. The fourth-order valence-corrected chi connectivity index (χ4v) is 1.21. The van der Waals surface area contributed by atoms with Crippen molar-refractivity contribution in [2.45, 2.75) is 19.1 Å². The highest BCUT2D eigenvalue weighted by Crippen LogP contribution is 2.14. The first-order chi connectivity index (χ1) is 6.02. The van der Waals surface area contributed by atoms with Crippen LogP contribution in [0.1, 0.15) is 18.5 Å². The monoisotopic (exact) mass is 201 g/mol. The lowest BCUT2D eigenvalue weighted by molar-refractivity contribution is 0.164. The summed E-state index contributed by atoms with van der Waals surface area (Å²) in [6.07, 6.45) is -0.672. The van der Waals surface area contributed by atoms with Crippen LogP contribution in [-0.2, 0) is 0 Å². The minimum Gasteiger partial charge on any atom is -0.391 e. The van der Waals surface area contributed by atoms with Gasteiger partial charge in [-0.3, -0.25) is 0 Å². The van der Waals surface area contributed by atoms with E-state index in [9.17, 15) is 9.50 Å². The first-order valence-corrected chi connectivity index (χ1v) is 4.58. The molecule has 0 bridgehead atoms. The Hall–Kier alpha value is -0.500. The van der Waals surface area contributed by atoms with Gasteiger partial charge >= 0.3 is 0 Å². The number of aliphatic hydroxyl groups is 1. The SMILES string of the molecule is CC(O)C(N)c1ccc(P)c(F)c1. The van der Waals surface area contributed by atoms with Gasteiger partial charge in [-0.05, 0) is 18.6 Å². The van der Waals surface area contributed by atoms with E-state index in [0.29, 0.717) is 10.9 Å². The summed E-state index contributed by atoms with van der Waals surface area (Å²) < 4.78 is 13.0. The third-order valence-electron chi connectivity index (χ3n) is 1.93. The second kappa shape index (κ2) is 4.14. The number of hydrogen-bond donors (Lipinski definition) is 2. The highest BCUT2D eigenvalue weighted by atomic mass is 31.0. The van der Waals surface area contributed by atoms with Gasteiger partial charge in [-0.25, -0.2) is 4.39 Å². The van der Waals surface area contributed by atoms with Gasteiger partial charge in [0.1, 0.15) is 5.82 Å². The summed E-state index contributed by atoms with van der Waals surface area (Å²) in [5, 5.41) is 9.68. The zero-order valence-electron chi connectivity index (χ0n) is 7.37. The lowest BCUT2D eigenvalue weighted by Crippen LogP contribution is -2.23. The maximum absolute atomic E-state index is 13.0. The summed E-state index contributed by atoms with van der Waals surface area (Å²) in [5.74, 6) is -0.321. The average molecular weight is 201 g/mol. The molecule has 0 radical (unpaired) electrons. The van der Waals surface area contributed by atoms with E-state index in [1.54, 1.807) is 19.1 Å². The predicted octanol–water partition coefficient (Wildman–Crippen LogP) is 0.707. The number of rotatable bonds is 2. The molecule has 1 aromatic carbocycles. The van der Waals surface area contributed by atoms with Crippen molar-refractivity contribution in [2.24, 2.45) is 5.73 Å². The highest BCUT2D eigenvalue weighted by molar-refractivity contribution is 7.27. The Balaban J connectivity index is 2.97. The Morgan fingerprint density at radius 1 is 1.54 bits per heavy atom. The third kappa shape index (κ3) is 2.47. The Kier molecular flexibility index (Phi) is 3.37. The first kappa shape index (κ1) is 10.6. The molecule has 0 amide bonds. The van der Waals surface area contributed by atoms with Crippen LogP contribution < -0.4 is 11.0 Å². The second-order valence-corrected chi connectivity index (χ2v) is 3.67. The zero-order valence-corrected chi connectivity index (χ0v) is 8.52. The molecule has 0 spiro atoms. The van der Waals surface area contributed by atoms with Crippen molar-refractivity contribution in [3.8, 4) is 0 Å². The number of hydrogen-bond acceptors (Lipinski definition) is 2. The fraction of sp³-hybridized carbons (Fsp3) is 0.333. The van der Waals surface area contributed by atoms with Gasteiger partial charge in [0.2, 0.25) is 0 Å². The maximum Gasteiger partial charge on any atom is 0.130 e. The van der Waals surface area contributed by atoms with Crippen LogP contribution in [0.4, 0.5) is 4.39 Å². The quantitative estimate of drug-likeness (QED) is 0.692. The standard InChI is InChI=1S/C9H13FNOP/c1-5(12)9(11)6-2-3-8(13)7(10)4-6/h2-5,9,12H,11,13H2,1H3. The highest BCUT2D eigenvalue weighted by Gasteiger charge is 2.12. The van der Waals surface area contributed by atoms with E-state index in [4.69, 9.17) is 5.73 Å². The van der Waals surface area contributed by atoms with E-state index in [1.807, 2.05) is 0 Å². The van der Waals surface area contributed by atoms with Crippen LogP contribution in [0.15, 0.2) is 18.2 Å². The van der Waals surface area contributed by atoms with Crippen molar-refractivity contribution in [1.82, 2.24) is 0 Å². The largest absolute Gasteiger partial charge is 0.391 e. The minimum atomic E-state index is -0.672. The van der Waals surface area contributed by atoms with E-state index >= 15 is 0 Å². The van der Waals surface area contributed by atoms with Gasteiger partial charge in [0.05, 0.1) is 12.1 Å². The van der Waals surface area contributed by atoms with Crippen LogP contribution in [0, 0.1) is 5.82 Å². The van der Waals surface area contributed by atoms with Gasteiger partial charge in [0, 0.05) is 5.30 Å². The molecule has 0 aliphatic carbocycles. The van der Waals surface area contributed by atoms with E-state index in [0.717, 1.165) is 0 Å². The molecule has 1 rings (SSSR count). The smallest absolute Gasteiger partial charge is 0.130 e. The van der Waals surface area contributed by atoms with Gasteiger partial charge in [-0.1, -0.05) is 12.1 Å². The molecule has 2 nitrogen and oxygen atoms in total. The van der Waals surface area contributed by atoms with E-state index in [-0.39, 0.29) is 5.82 Å². The van der Waals surface area contributed by atoms with Crippen molar-refractivity contribution < 1.29 is 9.50 Å². The first-order valence-electron chi connectivity index (χ1n) is 4.01.